The number of anilines is 1. The summed E-state index contributed by atoms with van der Waals surface area (Å²) in [7, 11) is 1.60. The van der Waals surface area contributed by atoms with E-state index in [2.05, 4.69) is 15.5 Å². The van der Waals surface area contributed by atoms with Gasteiger partial charge in [0.25, 0.3) is 5.91 Å². The number of hydrogen-bond acceptors (Lipinski definition) is 5. The molecule has 0 bridgehead atoms. The van der Waals surface area contributed by atoms with Gasteiger partial charge in [0.15, 0.2) is 0 Å². The van der Waals surface area contributed by atoms with E-state index in [1.807, 2.05) is 19.1 Å². The number of ether oxygens (including phenoxy) is 1. The number of benzene rings is 2. The maximum atomic E-state index is 12.1. The van der Waals surface area contributed by atoms with E-state index in [9.17, 15) is 4.79 Å². The SMILES string of the molecule is COc1ccc(-c2nnc(NC(=O)c3cccc(C)c3)o2)cc1. The Bertz CT molecular complexity index is 825. The van der Waals surface area contributed by atoms with Crippen molar-refractivity contribution in [1.29, 1.82) is 0 Å². The minimum absolute atomic E-state index is 0.0577. The minimum atomic E-state index is -0.293. The second-order valence-electron chi connectivity index (χ2n) is 4.96. The van der Waals surface area contributed by atoms with Gasteiger partial charge in [-0.2, -0.15) is 0 Å². The van der Waals surface area contributed by atoms with Gasteiger partial charge in [-0.15, -0.1) is 5.10 Å². The lowest BCUT2D eigenvalue weighted by Gasteiger charge is -2.01. The summed E-state index contributed by atoms with van der Waals surface area (Å²) in [4.78, 5) is 12.1. The Kier molecular flexibility index (Phi) is 4.05. The monoisotopic (exact) mass is 309 g/mol. The number of aryl methyl sites for hydroxylation is 1. The number of nitrogens with zero attached hydrogens (tertiary/aromatic N) is 2. The van der Waals surface area contributed by atoms with Crippen LogP contribution in [-0.4, -0.2) is 23.2 Å². The molecular formula is C17H15N3O3. The molecule has 3 rings (SSSR count). The summed E-state index contributed by atoms with van der Waals surface area (Å²) in [5.74, 6) is 0.770. The van der Waals surface area contributed by atoms with Crippen molar-refractivity contribution in [3.8, 4) is 17.2 Å². The van der Waals surface area contributed by atoms with Crippen LogP contribution in [0.3, 0.4) is 0 Å². The Labute approximate surface area is 133 Å². The molecule has 0 radical (unpaired) electrons. The lowest BCUT2D eigenvalue weighted by Crippen LogP contribution is -2.12. The molecule has 0 aliphatic rings. The molecule has 0 aliphatic heterocycles. The first kappa shape index (κ1) is 14.8. The van der Waals surface area contributed by atoms with E-state index in [-0.39, 0.29) is 11.9 Å². The number of methoxy groups -OCH3 is 1. The van der Waals surface area contributed by atoms with Gasteiger partial charge in [-0.3, -0.25) is 10.1 Å². The Balaban J connectivity index is 1.75. The Morgan fingerprint density at radius 1 is 1.13 bits per heavy atom. The highest BCUT2D eigenvalue weighted by atomic mass is 16.5. The topological polar surface area (TPSA) is 77.3 Å². The largest absolute Gasteiger partial charge is 0.497 e. The van der Waals surface area contributed by atoms with Gasteiger partial charge in [-0.1, -0.05) is 22.8 Å². The van der Waals surface area contributed by atoms with E-state index >= 15 is 0 Å². The van der Waals surface area contributed by atoms with E-state index < -0.39 is 0 Å². The van der Waals surface area contributed by atoms with Crippen molar-refractivity contribution >= 4 is 11.9 Å². The van der Waals surface area contributed by atoms with Gasteiger partial charge >= 0.3 is 6.01 Å². The molecule has 3 aromatic rings. The van der Waals surface area contributed by atoms with Crippen LogP contribution < -0.4 is 10.1 Å². The molecule has 1 N–H and O–H groups in total. The zero-order chi connectivity index (χ0) is 16.2. The predicted molar refractivity (Wildman–Crippen MR) is 85.4 cm³/mol. The first-order valence-corrected chi connectivity index (χ1v) is 7.01. The average molecular weight is 309 g/mol. The summed E-state index contributed by atoms with van der Waals surface area (Å²) >= 11 is 0. The van der Waals surface area contributed by atoms with E-state index in [0.29, 0.717) is 11.5 Å². The number of aromatic nitrogens is 2. The molecule has 116 valence electrons. The third-order valence-electron chi connectivity index (χ3n) is 3.26. The number of nitrogens with one attached hydrogen (secondary N) is 1. The van der Waals surface area contributed by atoms with Gasteiger partial charge in [-0.25, -0.2) is 0 Å². The normalized spacial score (nSPS) is 10.3. The fraction of sp³-hybridized carbons (Fsp3) is 0.118. The maximum Gasteiger partial charge on any atom is 0.322 e. The van der Waals surface area contributed by atoms with Crippen molar-refractivity contribution in [1.82, 2.24) is 10.2 Å². The van der Waals surface area contributed by atoms with Gasteiger partial charge in [0.05, 0.1) is 7.11 Å². The highest BCUT2D eigenvalue weighted by Gasteiger charge is 2.12. The van der Waals surface area contributed by atoms with Crippen LogP contribution >= 0.6 is 0 Å². The van der Waals surface area contributed by atoms with Gasteiger partial charge < -0.3 is 9.15 Å². The molecule has 0 spiro atoms. The summed E-state index contributed by atoms with van der Waals surface area (Å²) in [6.07, 6.45) is 0. The quantitative estimate of drug-likeness (QED) is 0.800. The zero-order valence-electron chi connectivity index (χ0n) is 12.7. The van der Waals surface area contributed by atoms with E-state index in [4.69, 9.17) is 9.15 Å². The van der Waals surface area contributed by atoms with Crippen LogP contribution in [0.4, 0.5) is 6.01 Å². The van der Waals surface area contributed by atoms with Crippen LogP contribution in [0.15, 0.2) is 52.9 Å². The number of amides is 1. The minimum Gasteiger partial charge on any atom is -0.497 e. The lowest BCUT2D eigenvalue weighted by molar-refractivity contribution is 0.102. The fourth-order valence-corrected chi connectivity index (χ4v) is 2.08. The molecule has 23 heavy (non-hydrogen) atoms. The lowest BCUT2D eigenvalue weighted by atomic mass is 10.1. The van der Waals surface area contributed by atoms with Crippen LogP contribution in [0.2, 0.25) is 0 Å². The fourth-order valence-electron chi connectivity index (χ4n) is 2.08. The molecule has 0 fully saturated rings. The van der Waals surface area contributed by atoms with Crippen molar-refractivity contribution in [3.63, 3.8) is 0 Å². The second-order valence-corrected chi connectivity index (χ2v) is 4.96. The highest BCUT2D eigenvalue weighted by molar-refractivity contribution is 6.03. The molecule has 1 heterocycles. The second kappa shape index (κ2) is 6.31. The molecule has 0 saturated heterocycles. The summed E-state index contributed by atoms with van der Waals surface area (Å²) < 4.78 is 10.6. The molecule has 1 aromatic heterocycles. The maximum absolute atomic E-state index is 12.1. The van der Waals surface area contributed by atoms with Crippen LogP contribution in [0.1, 0.15) is 15.9 Å². The standard InChI is InChI=1S/C17H15N3O3/c1-11-4-3-5-13(10-11)15(21)18-17-20-19-16(23-17)12-6-8-14(22-2)9-7-12/h3-10H,1-2H3,(H,18,20,21). The number of hydrogen-bond donors (Lipinski definition) is 1. The highest BCUT2D eigenvalue weighted by Crippen LogP contribution is 2.22. The van der Waals surface area contributed by atoms with Crippen LogP contribution in [0.25, 0.3) is 11.5 Å². The van der Waals surface area contributed by atoms with Gasteiger partial charge in [0, 0.05) is 11.1 Å². The number of carbonyl (C=O) groups excluding carboxylic acids is 1. The van der Waals surface area contributed by atoms with Gasteiger partial charge in [0.1, 0.15) is 5.75 Å². The van der Waals surface area contributed by atoms with Gasteiger partial charge in [-0.05, 0) is 43.3 Å². The predicted octanol–water partition coefficient (Wildman–Crippen LogP) is 3.31. The number of carbonyl (C=O) groups is 1. The molecule has 0 saturated carbocycles. The summed E-state index contributed by atoms with van der Waals surface area (Å²) in [5, 5.41) is 10.4. The van der Waals surface area contributed by atoms with Crippen molar-refractivity contribution in [3.05, 3.63) is 59.7 Å². The van der Waals surface area contributed by atoms with Crippen LogP contribution in [0, 0.1) is 6.92 Å². The van der Waals surface area contributed by atoms with Crippen molar-refractivity contribution < 1.29 is 13.9 Å². The van der Waals surface area contributed by atoms with E-state index in [0.717, 1.165) is 16.9 Å². The van der Waals surface area contributed by atoms with Crippen molar-refractivity contribution in [2.75, 3.05) is 12.4 Å². The van der Waals surface area contributed by atoms with E-state index in [1.54, 1.807) is 43.5 Å². The summed E-state index contributed by atoms with van der Waals surface area (Å²) in [6.45, 7) is 1.92. The van der Waals surface area contributed by atoms with Crippen molar-refractivity contribution in [2.45, 2.75) is 6.92 Å². The van der Waals surface area contributed by atoms with Crippen LogP contribution in [-0.2, 0) is 0 Å². The average Bonchev–Trinajstić information content (AvgIpc) is 3.03. The Morgan fingerprint density at radius 3 is 2.61 bits per heavy atom. The van der Waals surface area contributed by atoms with Gasteiger partial charge in [0.2, 0.25) is 5.89 Å². The van der Waals surface area contributed by atoms with Crippen molar-refractivity contribution in [2.24, 2.45) is 0 Å². The molecule has 0 aliphatic carbocycles. The third kappa shape index (κ3) is 3.37. The molecule has 0 atom stereocenters. The van der Waals surface area contributed by atoms with Crippen LogP contribution in [0.5, 0.6) is 5.75 Å². The Morgan fingerprint density at radius 2 is 1.91 bits per heavy atom. The van der Waals surface area contributed by atoms with E-state index in [1.165, 1.54) is 0 Å². The molecule has 1 amide bonds. The smallest absolute Gasteiger partial charge is 0.322 e. The summed E-state index contributed by atoms with van der Waals surface area (Å²) in [5.41, 5.74) is 2.28. The first-order valence-electron chi connectivity index (χ1n) is 7.01. The first-order chi connectivity index (χ1) is 11.2. The molecule has 6 nitrogen and oxygen atoms in total. The molecular weight excluding hydrogens is 294 g/mol. The molecule has 0 unspecified atom stereocenters. The number of rotatable bonds is 4. The molecule has 2 aromatic carbocycles. The molecule has 6 heteroatoms. The third-order valence-corrected chi connectivity index (χ3v) is 3.26. The Hall–Kier alpha value is -3.15. The summed E-state index contributed by atoms with van der Waals surface area (Å²) in [6, 6.07) is 14.5. The zero-order valence-corrected chi connectivity index (χ0v) is 12.7.